The van der Waals surface area contributed by atoms with Gasteiger partial charge in [-0.3, -0.25) is 0 Å². The van der Waals surface area contributed by atoms with Crippen LogP contribution in [0.2, 0.25) is 0 Å². The van der Waals surface area contributed by atoms with E-state index < -0.39 is 12.3 Å². The van der Waals surface area contributed by atoms with Crippen LogP contribution < -0.4 is 4.74 Å². The minimum absolute atomic E-state index is 0.0533. The zero-order valence-electron chi connectivity index (χ0n) is 21.3. The Balaban J connectivity index is 1.65. The third kappa shape index (κ3) is 11.9. The molecule has 0 fully saturated rings. The predicted octanol–water partition coefficient (Wildman–Crippen LogP) is 8.85. The highest BCUT2D eigenvalue weighted by atomic mass is 19.1. The standard InChI is InChI=1S/C29H44F2N2O/c1-3-5-6-7-8-9-10-11-12-14-24-21-32-29(33-22-24)25-15-19-28(20-16-25)34-23-27(31)18-17-26(30)13-4-2/h15-16,19-22,26-27H,3-14,17-18,23H2,1-2H3. The number of aryl methyl sites for hydroxylation is 1. The van der Waals surface area contributed by atoms with Gasteiger partial charge in [-0.1, -0.05) is 71.6 Å². The molecule has 3 nitrogen and oxygen atoms in total. The minimum atomic E-state index is -1.16. The normalized spacial score (nSPS) is 13.1. The van der Waals surface area contributed by atoms with Crippen molar-refractivity contribution in [3.63, 3.8) is 0 Å². The van der Waals surface area contributed by atoms with Gasteiger partial charge in [-0.05, 0) is 61.9 Å². The van der Waals surface area contributed by atoms with Crippen molar-refractivity contribution in [1.29, 1.82) is 0 Å². The molecule has 0 amide bonds. The Kier molecular flexibility index (Phi) is 14.4. The van der Waals surface area contributed by atoms with E-state index in [4.69, 9.17) is 4.74 Å². The summed E-state index contributed by atoms with van der Waals surface area (Å²) in [5.41, 5.74) is 2.08. The van der Waals surface area contributed by atoms with Gasteiger partial charge in [0.05, 0.1) is 0 Å². The van der Waals surface area contributed by atoms with Crippen molar-refractivity contribution in [1.82, 2.24) is 9.97 Å². The molecular weight excluding hydrogens is 430 g/mol. The summed E-state index contributed by atoms with van der Waals surface area (Å²) in [4.78, 5) is 9.04. The summed E-state index contributed by atoms with van der Waals surface area (Å²) >= 11 is 0. The number of alkyl halides is 2. The Hall–Kier alpha value is -2.04. The molecule has 5 heteroatoms. The lowest BCUT2D eigenvalue weighted by molar-refractivity contribution is 0.168. The Morgan fingerprint density at radius 1 is 0.706 bits per heavy atom. The second-order valence-electron chi connectivity index (χ2n) is 9.39. The molecule has 34 heavy (non-hydrogen) atoms. The molecule has 0 aliphatic rings. The van der Waals surface area contributed by atoms with Crippen molar-refractivity contribution in [2.24, 2.45) is 0 Å². The first-order chi connectivity index (χ1) is 16.6. The maximum Gasteiger partial charge on any atom is 0.159 e. The van der Waals surface area contributed by atoms with E-state index in [0.717, 1.165) is 18.4 Å². The molecule has 2 unspecified atom stereocenters. The van der Waals surface area contributed by atoms with Crippen molar-refractivity contribution in [3.8, 4) is 17.1 Å². The maximum atomic E-state index is 14.0. The van der Waals surface area contributed by atoms with E-state index in [1.807, 2.05) is 31.5 Å². The van der Waals surface area contributed by atoms with Crippen LogP contribution in [-0.4, -0.2) is 28.9 Å². The number of ether oxygens (including phenoxy) is 1. The lowest BCUT2D eigenvalue weighted by atomic mass is 10.1. The summed E-state index contributed by atoms with van der Waals surface area (Å²) in [5.74, 6) is 1.27. The van der Waals surface area contributed by atoms with Crippen molar-refractivity contribution >= 4 is 0 Å². The van der Waals surface area contributed by atoms with Gasteiger partial charge in [0.2, 0.25) is 0 Å². The smallest absolute Gasteiger partial charge is 0.159 e. The number of benzene rings is 1. The predicted molar refractivity (Wildman–Crippen MR) is 138 cm³/mol. The van der Waals surface area contributed by atoms with Crippen LogP contribution in [0.3, 0.4) is 0 Å². The summed E-state index contributed by atoms with van der Waals surface area (Å²) in [5, 5.41) is 0. The molecule has 0 spiro atoms. The molecule has 1 aromatic carbocycles. The molecule has 0 radical (unpaired) electrons. The van der Waals surface area contributed by atoms with Gasteiger partial charge in [-0.15, -0.1) is 0 Å². The Morgan fingerprint density at radius 3 is 1.91 bits per heavy atom. The van der Waals surface area contributed by atoms with Gasteiger partial charge in [-0.2, -0.15) is 0 Å². The Bertz CT molecular complexity index is 752. The van der Waals surface area contributed by atoms with Crippen LogP contribution in [0.15, 0.2) is 36.7 Å². The summed E-state index contributed by atoms with van der Waals surface area (Å²) in [6, 6.07) is 7.38. The van der Waals surface area contributed by atoms with Gasteiger partial charge in [-0.25, -0.2) is 18.7 Å². The van der Waals surface area contributed by atoms with Crippen molar-refractivity contribution < 1.29 is 13.5 Å². The second kappa shape index (κ2) is 17.4. The molecule has 2 rings (SSSR count). The molecule has 0 saturated heterocycles. The van der Waals surface area contributed by atoms with Crippen molar-refractivity contribution in [2.75, 3.05) is 6.61 Å². The van der Waals surface area contributed by atoms with Crippen molar-refractivity contribution in [3.05, 3.63) is 42.2 Å². The topological polar surface area (TPSA) is 35.0 Å². The number of unbranched alkanes of at least 4 members (excludes halogenated alkanes) is 8. The highest BCUT2D eigenvalue weighted by Gasteiger charge is 2.12. The fourth-order valence-corrected chi connectivity index (χ4v) is 4.06. The lowest BCUT2D eigenvalue weighted by Gasteiger charge is -2.12. The highest BCUT2D eigenvalue weighted by molar-refractivity contribution is 5.55. The Morgan fingerprint density at radius 2 is 1.29 bits per heavy atom. The van der Waals surface area contributed by atoms with E-state index in [0.29, 0.717) is 18.0 Å². The monoisotopic (exact) mass is 474 g/mol. The zero-order valence-corrected chi connectivity index (χ0v) is 21.3. The minimum Gasteiger partial charge on any atom is -0.491 e. The fourth-order valence-electron chi connectivity index (χ4n) is 4.06. The van der Waals surface area contributed by atoms with Crippen LogP contribution in [0.5, 0.6) is 5.75 Å². The third-order valence-electron chi connectivity index (χ3n) is 6.21. The molecule has 0 bridgehead atoms. The summed E-state index contributed by atoms with van der Waals surface area (Å²) in [7, 11) is 0. The fraction of sp³-hybridized carbons (Fsp3) is 0.655. The van der Waals surface area contributed by atoms with Gasteiger partial charge in [0, 0.05) is 18.0 Å². The quantitative estimate of drug-likeness (QED) is 0.191. The van der Waals surface area contributed by atoms with E-state index in [9.17, 15) is 8.78 Å². The summed E-state index contributed by atoms with van der Waals surface area (Å²) < 4.78 is 33.0. The molecule has 0 aliphatic carbocycles. The van der Waals surface area contributed by atoms with Gasteiger partial charge in [0.25, 0.3) is 0 Å². The average Bonchev–Trinajstić information content (AvgIpc) is 2.86. The van der Waals surface area contributed by atoms with Gasteiger partial charge < -0.3 is 4.74 Å². The number of hydrogen-bond acceptors (Lipinski definition) is 3. The number of hydrogen-bond donors (Lipinski definition) is 0. The van der Waals surface area contributed by atoms with Crippen LogP contribution in [0.1, 0.15) is 103 Å². The number of nitrogens with zero attached hydrogens (tertiary/aromatic N) is 2. The molecule has 1 aromatic heterocycles. The summed E-state index contributed by atoms with van der Waals surface area (Å²) in [6.07, 6.45) is 16.4. The number of rotatable bonds is 19. The first kappa shape index (κ1) is 28.2. The molecule has 1 heterocycles. The van der Waals surface area contributed by atoms with E-state index in [-0.39, 0.29) is 19.4 Å². The summed E-state index contributed by atoms with van der Waals surface area (Å²) in [6.45, 7) is 4.14. The number of halogens is 2. The molecule has 0 N–H and O–H groups in total. The third-order valence-corrected chi connectivity index (χ3v) is 6.21. The first-order valence-corrected chi connectivity index (χ1v) is 13.4. The Labute approximate surface area is 205 Å². The largest absolute Gasteiger partial charge is 0.491 e. The van der Waals surface area contributed by atoms with Crippen LogP contribution >= 0.6 is 0 Å². The van der Waals surface area contributed by atoms with Gasteiger partial charge in [0.15, 0.2) is 5.82 Å². The lowest BCUT2D eigenvalue weighted by Crippen LogP contribution is -2.15. The van der Waals surface area contributed by atoms with Crippen LogP contribution in [0.4, 0.5) is 8.78 Å². The van der Waals surface area contributed by atoms with Crippen LogP contribution in [0, 0.1) is 0 Å². The second-order valence-corrected chi connectivity index (χ2v) is 9.39. The van der Waals surface area contributed by atoms with Gasteiger partial charge >= 0.3 is 0 Å². The van der Waals surface area contributed by atoms with Gasteiger partial charge in [0.1, 0.15) is 24.7 Å². The van der Waals surface area contributed by atoms with E-state index in [1.165, 1.54) is 63.4 Å². The SMILES string of the molecule is CCCCCCCCCCCc1cnc(-c2ccc(OCC(F)CCC(F)CCC)cc2)nc1. The molecule has 190 valence electrons. The van der Waals surface area contributed by atoms with Crippen LogP contribution in [0.25, 0.3) is 11.4 Å². The van der Waals surface area contributed by atoms with E-state index in [2.05, 4.69) is 16.9 Å². The molecule has 2 atom stereocenters. The van der Waals surface area contributed by atoms with E-state index >= 15 is 0 Å². The molecular formula is C29H44F2N2O. The maximum absolute atomic E-state index is 14.0. The first-order valence-electron chi connectivity index (χ1n) is 13.4. The number of aromatic nitrogens is 2. The molecule has 0 aliphatic heterocycles. The highest BCUT2D eigenvalue weighted by Crippen LogP contribution is 2.21. The molecule has 2 aromatic rings. The van der Waals surface area contributed by atoms with E-state index in [1.54, 1.807) is 12.1 Å². The zero-order chi connectivity index (χ0) is 24.4. The molecule has 0 saturated carbocycles. The van der Waals surface area contributed by atoms with Crippen molar-refractivity contribution in [2.45, 2.75) is 116 Å². The average molecular weight is 475 g/mol. The van der Waals surface area contributed by atoms with Crippen LogP contribution in [-0.2, 0) is 6.42 Å².